The van der Waals surface area contributed by atoms with Crippen LogP contribution in [0.25, 0.3) is 0 Å². The van der Waals surface area contributed by atoms with Crippen molar-refractivity contribution in [3.63, 3.8) is 0 Å². The number of nitrogens with zero attached hydrogens (tertiary/aromatic N) is 2. The van der Waals surface area contributed by atoms with Gasteiger partial charge in [0.25, 0.3) is 12.3 Å². The summed E-state index contributed by atoms with van der Waals surface area (Å²) in [6, 6.07) is 7.08. The normalized spacial score (nSPS) is 10.9. The molecule has 0 atom stereocenters. The van der Waals surface area contributed by atoms with E-state index in [9.17, 15) is 13.6 Å². The number of halogens is 3. The molecule has 1 aromatic carbocycles. The monoisotopic (exact) mass is 333 g/mol. The van der Waals surface area contributed by atoms with Crippen molar-refractivity contribution in [2.75, 3.05) is 11.9 Å². The van der Waals surface area contributed by atoms with E-state index in [4.69, 9.17) is 16.3 Å². The molecule has 5 nitrogen and oxygen atoms in total. The highest BCUT2D eigenvalue weighted by molar-refractivity contribution is 7.15. The van der Waals surface area contributed by atoms with E-state index in [1.807, 2.05) is 0 Å². The molecule has 21 heavy (non-hydrogen) atoms. The third kappa shape index (κ3) is 4.69. The minimum absolute atomic E-state index is 0.0108. The lowest BCUT2D eigenvalue weighted by atomic mass is 10.2. The third-order valence-corrected chi connectivity index (χ3v) is 3.54. The molecule has 0 saturated carbocycles. The quantitative estimate of drug-likeness (QED) is 0.881. The first-order valence-electron chi connectivity index (χ1n) is 5.79. The van der Waals surface area contributed by atoms with Crippen LogP contribution >= 0.6 is 22.9 Å². The largest absolute Gasteiger partial charge is 0.367 e. The maximum Gasteiger partial charge on any atom is 0.291 e. The summed E-state index contributed by atoms with van der Waals surface area (Å²) in [5.74, 6) is -0.501. The first kappa shape index (κ1) is 15.7. The second kappa shape index (κ2) is 7.39. The van der Waals surface area contributed by atoms with Gasteiger partial charge in [-0.2, -0.15) is 0 Å². The fourth-order valence-corrected chi connectivity index (χ4v) is 2.20. The summed E-state index contributed by atoms with van der Waals surface area (Å²) in [5.41, 5.74) is 0.753. The summed E-state index contributed by atoms with van der Waals surface area (Å²) in [5, 5.41) is 9.14. The van der Waals surface area contributed by atoms with E-state index in [2.05, 4.69) is 15.5 Å². The van der Waals surface area contributed by atoms with Crippen LogP contribution < -0.4 is 5.32 Å². The summed E-state index contributed by atoms with van der Waals surface area (Å²) >= 11 is 6.55. The van der Waals surface area contributed by atoms with Crippen molar-refractivity contribution in [1.29, 1.82) is 0 Å². The predicted octanol–water partition coefficient (Wildman–Crippen LogP) is 3.28. The molecule has 0 fully saturated rings. The predicted molar refractivity (Wildman–Crippen MR) is 74.6 cm³/mol. The second-order valence-electron chi connectivity index (χ2n) is 3.88. The van der Waals surface area contributed by atoms with Crippen molar-refractivity contribution in [2.24, 2.45) is 0 Å². The van der Waals surface area contributed by atoms with Crippen LogP contribution in [0, 0.1) is 0 Å². The van der Waals surface area contributed by atoms with Gasteiger partial charge >= 0.3 is 0 Å². The van der Waals surface area contributed by atoms with Gasteiger partial charge in [-0.3, -0.25) is 10.1 Å². The van der Waals surface area contributed by atoms with Gasteiger partial charge in [-0.1, -0.05) is 41.1 Å². The van der Waals surface area contributed by atoms with Crippen LogP contribution in [0.3, 0.4) is 0 Å². The van der Waals surface area contributed by atoms with Gasteiger partial charge in [0.15, 0.2) is 5.01 Å². The molecule has 0 aliphatic rings. The molecule has 0 spiro atoms. The molecule has 1 heterocycles. The molecule has 1 N–H and O–H groups in total. The number of amides is 1. The molecule has 0 aliphatic carbocycles. The Hall–Kier alpha value is -1.64. The lowest BCUT2D eigenvalue weighted by Crippen LogP contribution is -2.18. The van der Waals surface area contributed by atoms with Crippen molar-refractivity contribution in [2.45, 2.75) is 13.0 Å². The van der Waals surface area contributed by atoms with Gasteiger partial charge in [-0.25, -0.2) is 8.78 Å². The first-order valence-corrected chi connectivity index (χ1v) is 6.98. The lowest BCUT2D eigenvalue weighted by molar-refractivity contribution is -0.121. The second-order valence-corrected chi connectivity index (χ2v) is 5.29. The number of hydrogen-bond acceptors (Lipinski definition) is 5. The Morgan fingerprint density at radius 2 is 2.14 bits per heavy atom. The van der Waals surface area contributed by atoms with Gasteiger partial charge in [0.2, 0.25) is 5.13 Å². The maximum atomic E-state index is 12.3. The molecule has 0 radical (unpaired) electrons. The van der Waals surface area contributed by atoms with Gasteiger partial charge in [0.05, 0.1) is 6.61 Å². The maximum absolute atomic E-state index is 12.3. The smallest absolute Gasteiger partial charge is 0.291 e. The molecule has 2 rings (SSSR count). The number of hydrogen-bond donors (Lipinski definition) is 1. The van der Waals surface area contributed by atoms with Gasteiger partial charge in [0, 0.05) is 5.02 Å². The standard InChI is InChI=1S/C12H10ClF2N3O2S/c13-8-4-2-1-3-7(8)5-20-6-9(19)16-12-18-17-11(21-12)10(14)15/h1-4,10H,5-6H2,(H,16,18,19). The van der Waals surface area contributed by atoms with E-state index in [0.29, 0.717) is 16.4 Å². The minimum Gasteiger partial charge on any atom is -0.367 e. The molecular weight excluding hydrogens is 324 g/mol. The fourth-order valence-electron chi connectivity index (χ4n) is 1.40. The molecule has 1 aromatic heterocycles. The number of benzene rings is 1. The van der Waals surface area contributed by atoms with E-state index in [1.54, 1.807) is 24.3 Å². The van der Waals surface area contributed by atoms with Crippen LogP contribution in [-0.4, -0.2) is 22.7 Å². The van der Waals surface area contributed by atoms with Crippen LogP contribution in [-0.2, 0) is 16.1 Å². The fraction of sp³-hybridized carbons (Fsp3) is 0.250. The van der Waals surface area contributed by atoms with Crippen molar-refractivity contribution in [1.82, 2.24) is 10.2 Å². The molecule has 0 aliphatic heterocycles. The Balaban J connectivity index is 1.78. The number of rotatable bonds is 6. The number of aromatic nitrogens is 2. The molecule has 0 saturated heterocycles. The highest BCUT2D eigenvalue weighted by Gasteiger charge is 2.15. The highest BCUT2D eigenvalue weighted by Crippen LogP contribution is 2.25. The van der Waals surface area contributed by atoms with Gasteiger partial charge < -0.3 is 4.74 Å². The van der Waals surface area contributed by atoms with Crippen molar-refractivity contribution in [3.05, 3.63) is 39.9 Å². The van der Waals surface area contributed by atoms with Gasteiger partial charge in [0.1, 0.15) is 6.61 Å². The zero-order valence-corrected chi connectivity index (χ0v) is 12.1. The summed E-state index contributed by atoms with van der Waals surface area (Å²) in [6.45, 7) is -0.0691. The van der Waals surface area contributed by atoms with E-state index < -0.39 is 17.3 Å². The zero-order chi connectivity index (χ0) is 15.2. The Morgan fingerprint density at radius 3 is 2.81 bits per heavy atom. The van der Waals surface area contributed by atoms with Crippen LogP contribution in [0.5, 0.6) is 0 Å². The summed E-state index contributed by atoms with van der Waals surface area (Å²) < 4.78 is 29.8. The molecular formula is C12H10ClF2N3O2S. The number of nitrogens with one attached hydrogen (secondary N) is 1. The number of alkyl halides is 2. The average molecular weight is 334 g/mol. The first-order chi connectivity index (χ1) is 10.1. The number of ether oxygens (including phenoxy) is 1. The Labute approximate surface area is 127 Å². The molecule has 1 amide bonds. The topological polar surface area (TPSA) is 64.1 Å². The zero-order valence-electron chi connectivity index (χ0n) is 10.6. The SMILES string of the molecule is O=C(COCc1ccccc1Cl)Nc1nnc(C(F)F)s1. The van der Waals surface area contributed by atoms with Crippen molar-refractivity contribution >= 4 is 34.0 Å². The lowest BCUT2D eigenvalue weighted by Gasteiger charge is -2.05. The third-order valence-electron chi connectivity index (χ3n) is 2.32. The Kier molecular flexibility index (Phi) is 5.54. The van der Waals surface area contributed by atoms with E-state index in [0.717, 1.165) is 5.56 Å². The molecule has 9 heteroatoms. The van der Waals surface area contributed by atoms with Crippen LogP contribution in [0.4, 0.5) is 13.9 Å². The Bertz CT molecular complexity index is 624. The molecule has 0 bridgehead atoms. The molecule has 112 valence electrons. The number of anilines is 1. The van der Waals surface area contributed by atoms with Crippen molar-refractivity contribution < 1.29 is 18.3 Å². The highest BCUT2D eigenvalue weighted by atomic mass is 35.5. The van der Waals surface area contributed by atoms with Crippen LogP contribution in [0.1, 0.15) is 17.0 Å². The summed E-state index contributed by atoms with van der Waals surface area (Å²) in [6.07, 6.45) is -2.70. The van der Waals surface area contributed by atoms with Crippen LogP contribution in [0.15, 0.2) is 24.3 Å². The van der Waals surface area contributed by atoms with Gasteiger partial charge in [-0.15, -0.1) is 10.2 Å². The summed E-state index contributed by atoms with van der Waals surface area (Å²) in [4.78, 5) is 11.5. The number of carbonyl (C=O) groups is 1. The summed E-state index contributed by atoms with van der Waals surface area (Å²) in [7, 11) is 0. The number of carbonyl (C=O) groups excluding carboxylic acids is 1. The van der Waals surface area contributed by atoms with E-state index in [-0.39, 0.29) is 18.3 Å². The molecule has 2 aromatic rings. The van der Waals surface area contributed by atoms with E-state index in [1.165, 1.54) is 0 Å². The minimum atomic E-state index is -2.70. The Morgan fingerprint density at radius 1 is 1.38 bits per heavy atom. The van der Waals surface area contributed by atoms with Gasteiger partial charge in [-0.05, 0) is 11.6 Å². The van der Waals surface area contributed by atoms with E-state index >= 15 is 0 Å². The molecule has 0 unspecified atom stereocenters. The van der Waals surface area contributed by atoms with Crippen molar-refractivity contribution in [3.8, 4) is 0 Å². The van der Waals surface area contributed by atoms with Crippen LogP contribution in [0.2, 0.25) is 5.02 Å². The average Bonchev–Trinajstić information content (AvgIpc) is 2.89.